The summed E-state index contributed by atoms with van der Waals surface area (Å²) in [5.41, 5.74) is 1.22. The first kappa shape index (κ1) is 16.0. The molecule has 4 heteroatoms. The summed E-state index contributed by atoms with van der Waals surface area (Å²) < 4.78 is 0. The number of aliphatic hydroxyl groups is 1. The Morgan fingerprint density at radius 2 is 1.95 bits per heavy atom. The van der Waals surface area contributed by atoms with Crippen LogP contribution in [0.4, 0.5) is 0 Å². The van der Waals surface area contributed by atoms with E-state index >= 15 is 0 Å². The predicted octanol–water partition coefficient (Wildman–Crippen LogP) is 1.96. The molecule has 1 aromatic rings. The molecule has 1 aliphatic heterocycles. The van der Waals surface area contributed by atoms with Crippen molar-refractivity contribution in [3.8, 4) is 0 Å². The van der Waals surface area contributed by atoms with Gasteiger partial charge in [-0.3, -0.25) is 9.69 Å². The highest BCUT2D eigenvalue weighted by Gasteiger charge is 2.25. The van der Waals surface area contributed by atoms with Crippen molar-refractivity contribution < 1.29 is 9.90 Å². The Labute approximate surface area is 127 Å². The number of benzene rings is 1. The molecule has 2 rings (SSSR count). The van der Waals surface area contributed by atoms with Gasteiger partial charge in [0.1, 0.15) is 6.10 Å². The third kappa shape index (κ3) is 4.55. The van der Waals surface area contributed by atoms with Crippen molar-refractivity contribution in [2.45, 2.75) is 38.8 Å². The molecule has 116 valence electrons. The fraction of sp³-hybridized carbons (Fsp3) is 0.588. The summed E-state index contributed by atoms with van der Waals surface area (Å²) in [5.74, 6) is 0.478. The Balaban J connectivity index is 2.05. The van der Waals surface area contributed by atoms with Crippen LogP contribution in [0.3, 0.4) is 0 Å². The number of likely N-dealkylation sites (tertiary alicyclic amines) is 1. The molecule has 2 N–H and O–H groups in total. The molecule has 0 spiro atoms. The maximum absolute atomic E-state index is 11.6. The second-order valence-corrected chi connectivity index (χ2v) is 6.07. The number of hydrogen-bond donors (Lipinski definition) is 2. The average Bonchev–Trinajstić information content (AvgIpc) is 2.50. The summed E-state index contributed by atoms with van der Waals surface area (Å²) in [6.07, 6.45) is 1.45. The van der Waals surface area contributed by atoms with Gasteiger partial charge in [-0.05, 0) is 44.3 Å². The van der Waals surface area contributed by atoms with E-state index in [1.54, 1.807) is 0 Å². The second kappa shape index (κ2) is 7.57. The molecule has 4 nitrogen and oxygen atoms in total. The monoisotopic (exact) mass is 290 g/mol. The first-order valence-electron chi connectivity index (χ1n) is 7.82. The zero-order chi connectivity index (χ0) is 15.2. The van der Waals surface area contributed by atoms with Gasteiger partial charge in [-0.2, -0.15) is 0 Å². The Morgan fingerprint density at radius 1 is 1.33 bits per heavy atom. The van der Waals surface area contributed by atoms with Gasteiger partial charge in [0, 0.05) is 6.54 Å². The van der Waals surface area contributed by atoms with Crippen LogP contribution in [0, 0.1) is 5.92 Å². The maximum Gasteiger partial charge on any atom is 0.248 e. The van der Waals surface area contributed by atoms with E-state index in [1.165, 1.54) is 25.3 Å². The van der Waals surface area contributed by atoms with Crippen LogP contribution < -0.4 is 5.32 Å². The summed E-state index contributed by atoms with van der Waals surface area (Å²) in [5, 5.41) is 12.2. The third-order valence-corrected chi connectivity index (χ3v) is 4.29. The van der Waals surface area contributed by atoms with Crippen LogP contribution in [0.5, 0.6) is 0 Å². The molecule has 0 aliphatic carbocycles. The van der Waals surface area contributed by atoms with Gasteiger partial charge in [0.05, 0.1) is 6.04 Å². The standard InChI is InChI=1S/C17H26N2O2/c1-13-8-10-19(11-9-13)16(12-18-17(21)14(2)20)15-6-4-3-5-7-15/h3-7,13-14,16,20H,8-12H2,1-2H3,(H,18,21)/t14-,16+/m1/s1. The van der Waals surface area contributed by atoms with Gasteiger partial charge >= 0.3 is 0 Å². The molecular formula is C17H26N2O2. The van der Waals surface area contributed by atoms with E-state index in [1.807, 2.05) is 18.2 Å². The van der Waals surface area contributed by atoms with Crippen molar-refractivity contribution in [3.63, 3.8) is 0 Å². The third-order valence-electron chi connectivity index (χ3n) is 4.29. The Bertz CT molecular complexity index is 439. The van der Waals surface area contributed by atoms with Gasteiger partial charge in [0.25, 0.3) is 0 Å². The van der Waals surface area contributed by atoms with Gasteiger partial charge in [-0.1, -0.05) is 37.3 Å². The molecule has 1 saturated heterocycles. The van der Waals surface area contributed by atoms with Gasteiger partial charge in [-0.25, -0.2) is 0 Å². The minimum atomic E-state index is -0.956. The van der Waals surface area contributed by atoms with Crippen molar-refractivity contribution in [2.75, 3.05) is 19.6 Å². The predicted molar refractivity (Wildman–Crippen MR) is 83.8 cm³/mol. The van der Waals surface area contributed by atoms with Crippen molar-refractivity contribution in [3.05, 3.63) is 35.9 Å². The lowest BCUT2D eigenvalue weighted by molar-refractivity contribution is -0.128. The second-order valence-electron chi connectivity index (χ2n) is 6.07. The lowest BCUT2D eigenvalue weighted by Gasteiger charge is -2.37. The molecule has 0 saturated carbocycles. The first-order chi connectivity index (χ1) is 10.1. The Morgan fingerprint density at radius 3 is 2.52 bits per heavy atom. The molecule has 1 fully saturated rings. The number of carbonyl (C=O) groups excluding carboxylic acids is 1. The van der Waals surface area contributed by atoms with Gasteiger partial charge < -0.3 is 10.4 Å². The van der Waals surface area contributed by atoms with E-state index in [-0.39, 0.29) is 11.9 Å². The van der Waals surface area contributed by atoms with Gasteiger partial charge in [-0.15, -0.1) is 0 Å². The van der Waals surface area contributed by atoms with Crippen molar-refractivity contribution in [1.29, 1.82) is 0 Å². The number of piperidine rings is 1. The van der Waals surface area contributed by atoms with Crippen LogP contribution >= 0.6 is 0 Å². The van der Waals surface area contributed by atoms with Gasteiger partial charge in [0.2, 0.25) is 5.91 Å². The van der Waals surface area contributed by atoms with Crippen LogP contribution in [0.15, 0.2) is 30.3 Å². The highest BCUT2D eigenvalue weighted by atomic mass is 16.3. The molecule has 0 unspecified atom stereocenters. The highest BCUT2D eigenvalue weighted by Crippen LogP contribution is 2.26. The fourth-order valence-electron chi connectivity index (χ4n) is 2.82. The molecule has 1 amide bonds. The van der Waals surface area contributed by atoms with E-state index in [4.69, 9.17) is 0 Å². The Hall–Kier alpha value is -1.39. The highest BCUT2D eigenvalue weighted by molar-refractivity contribution is 5.80. The topological polar surface area (TPSA) is 52.6 Å². The summed E-state index contributed by atoms with van der Waals surface area (Å²) in [6, 6.07) is 10.5. The molecule has 1 aliphatic rings. The lowest BCUT2D eigenvalue weighted by Crippen LogP contribution is -2.43. The molecule has 2 atom stereocenters. The number of rotatable bonds is 5. The van der Waals surface area contributed by atoms with Crippen molar-refractivity contribution in [2.24, 2.45) is 5.92 Å². The normalized spacial score (nSPS) is 20.0. The van der Waals surface area contributed by atoms with E-state index in [9.17, 15) is 9.90 Å². The van der Waals surface area contributed by atoms with Crippen molar-refractivity contribution in [1.82, 2.24) is 10.2 Å². The summed E-state index contributed by atoms with van der Waals surface area (Å²) >= 11 is 0. The first-order valence-corrected chi connectivity index (χ1v) is 7.82. The molecule has 0 bridgehead atoms. The minimum Gasteiger partial charge on any atom is -0.384 e. The number of hydrogen-bond acceptors (Lipinski definition) is 3. The van der Waals surface area contributed by atoms with E-state index in [0.717, 1.165) is 19.0 Å². The zero-order valence-corrected chi connectivity index (χ0v) is 13.0. The van der Waals surface area contributed by atoms with E-state index in [0.29, 0.717) is 6.54 Å². The van der Waals surface area contributed by atoms with Crippen LogP contribution in [0.25, 0.3) is 0 Å². The van der Waals surface area contributed by atoms with Crippen molar-refractivity contribution >= 4 is 5.91 Å². The van der Waals surface area contributed by atoms with E-state index in [2.05, 4.69) is 29.3 Å². The fourth-order valence-corrected chi connectivity index (χ4v) is 2.82. The molecule has 1 heterocycles. The van der Waals surface area contributed by atoms with Crippen LogP contribution in [0.2, 0.25) is 0 Å². The summed E-state index contributed by atoms with van der Waals surface area (Å²) in [6.45, 7) is 6.46. The summed E-state index contributed by atoms with van der Waals surface area (Å²) in [7, 11) is 0. The smallest absolute Gasteiger partial charge is 0.248 e. The number of amides is 1. The van der Waals surface area contributed by atoms with E-state index < -0.39 is 6.10 Å². The quantitative estimate of drug-likeness (QED) is 0.871. The number of aliphatic hydroxyl groups excluding tert-OH is 1. The largest absolute Gasteiger partial charge is 0.384 e. The Kier molecular flexibility index (Phi) is 5.76. The van der Waals surface area contributed by atoms with Gasteiger partial charge in [0.15, 0.2) is 0 Å². The molecule has 0 radical (unpaired) electrons. The molecule has 0 aromatic heterocycles. The molecule has 21 heavy (non-hydrogen) atoms. The van der Waals surface area contributed by atoms with Crippen LogP contribution in [-0.2, 0) is 4.79 Å². The number of carbonyl (C=O) groups is 1. The SMILES string of the molecule is CC1CCN([C@@H](CNC(=O)[C@@H](C)O)c2ccccc2)CC1. The molecule has 1 aromatic carbocycles. The number of nitrogens with one attached hydrogen (secondary N) is 1. The average molecular weight is 290 g/mol. The van der Waals surface area contributed by atoms with Crippen LogP contribution in [0.1, 0.15) is 38.3 Å². The minimum absolute atomic E-state index is 0.182. The maximum atomic E-state index is 11.6. The summed E-state index contributed by atoms with van der Waals surface area (Å²) in [4.78, 5) is 14.1. The zero-order valence-electron chi connectivity index (χ0n) is 13.0. The number of nitrogens with zero attached hydrogens (tertiary/aromatic N) is 1. The molecular weight excluding hydrogens is 264 g/mol. The lowest BCUT2D eigenvalue weighted by atomic mass is 9.95. The van der Waals surface area contributed by atoms with Crippen LogP contribution in [-0.4, -0.2) is 41.7 Å².